The second-order valence-electron chi connectivity index (χ2n) is 6.62. The van der Waals surface area contributed by atoms with Crippen LogP contribution in [-0.4, -0.2) is 25.6 Å². The molecule has 0 radical (unpaired) electrons. The van der Waals surface area contributed by atoms with Crippen LogP contribution in [0, 0.1) is 10.1 Å². The van der Waals surface area contributed by atoms with Crippen LogP contribution in [0.15, 0.2) is 57.1 Å². The lowest BCUT2D eigenvalue weighted by molar-refractivity contribution is -0.384. The number of fused-ring (bicyclic) bond motifs is 1. The predicted molar refractivity (Wildman–Crippen MR) is 125 cm³/mol. The molecule has 1 amide bonds. The molecular formula is C20H16N4O4S3. The Morgan fingerprint density at radius 3 is 2.65 bits per heavy atom. The highest BCUT2D eigenvalue weighted by atomic mass is 32.2. The highest BCUT2D eigenvalue weighted by Gasteiger charge is 2.21. The Bertz CT molecular complexity index is 1330. The van der Waals surface area contributed by atoms with E-state index in [9.17, 15) is 19.7 Å². The lowest BCUT2D eigenvalue weighted by atomic mass is 10.2. The normalized spacial score (nSPS) is 12.1. The summed E-state index contributed by atoms with van der Waals surface area (Å²) in [4.78, 5) is 42.1. The second kappa shape index (κ2) is 8.61. The van der Waals surface area contributed by atoms with Crippen LogP contribution >= 0.6 is 34.4 Å². The van der Waals surface area contributed by atoms with E-state index in [-0.39, 0.29) is 17.2 Å². The van der Waals surface area contributed by atoms with Crippen molar-refractivity contribution in [2.75, 3.05) is 5.32 Å². The summed E-state index contributed by atoms with van der Waals surface area (Å²) in [5.41, 5.74) is 1.13. The number of aromatic nitrogens is 2. The van der Waals surface area contributed by atoms with E-state index in [0.29, 0.717) is 21.1 Å². The predicted octanol–water partition coefficient (Wildman–Crippen LogP) is 4.75. The number of amides is 1. The molecule has 1 unspecified atom stereocenters. The molecule has 0 saturated carbocycles. The molecule has 3 heterocycles. The molecule has 1 N–H and O–H groups in total. The number of benzene rings is 1. The van der Waals surface area contributed by atoms with Gasteiger partial charge in [-0.1, -0.05) is 17.8 Å². The van der Waals surface area contributed by atoms with Crippen molar-refractivity contribution in [3.63, 3.8) is 0 Å². The van der Waals surface area contributed by atoms with E-state index in [2.05, 4.69) is 10.3 Å². The number of nitro groups is 1. The van der Waals surface area contributed by atoms with Crippen LogP contribution in [-0.2, 0) is 11.8 Å². The zero-order chi connectivity index (χ0) is 22.1. The molecule has 0 fully saturated rings. The summed E-state index contributed by atoms with van der Waals surface area (Å²) in [7, 11) is 1.65. The number of carbonyl (C=O) groups is 1. The number of hydrogen-bond acceptors (Lipinski definition) is 8. The molecule has 4 rings (SSSR count). The van der Waals surface area contributed by atoms with Gasteiger partial charge in [-0.3, -0.25) is 24.3 Å². The van der Waals surface area contributed by atoms with E-state index in [4.69, 9.17) is 0 Å². The average Bonchev–Trinajstić information content (AvgIpc) is 3.41. The number of carbonyl (C=O) groups excluding carboxylic acids is 1. The third kappa shape index (κ3) is 4.24. The zero-order valence-electron chi connectivity index (χ0n) is 16.4. The van der Waals surface area contributed by atoms with Gasteiger partial charge in [0.05, 0.1) is 15.6 Å². The van der Waals surface area contributed by atoms with E-state index in [1.807, 2.05) is 22.9 Å². The molecule has 8 nitrogen and oxygen atoms in total. The molecule has 0 spiro atoms. The molecule has 4 aromatic rings. The first-order valence-corrected chi connectivity index (χ1v) is 11.7. The van der Waals surface area contributed by atoms with Gasteiger partial charge in [-0.05, 0) is 30.5 Å². The Morgan fingerprint density at radius 2 is 2.00 bits per heavy atom. The summed E-state index contributed by atoms with van der Waals surface area (Å²) in [6.45, 7) is 1.72. The molecule has 0 aliphatic rings. The van der Waals surface area contributed by atoms with Crippen LogP contribution < -0.4 is 10.9 Å². The quantitative estimate of drug-likeness (QED) is 0.188. The fourth-order valence-corrected chi connectivity index (χ4v) is 5.57. The largest absolute Gasteiger partial charge is 0.325 e. The number of rotatable bonds is 6. The van der Waals surface area contributed by atoms with E-state index in [1.165, 1.54) is 51.9 Å². The van der Waals surface area contributed by atoms with Gasteiger partial charge in [0.25, 0.3) is 11.2 Å². The number of nitro benzene ring substituents is 1. The number of nitrogens with one attached hydrogen (secondary N) is 1. The van der Waals surface area contributed by atoms with Crippen molar-refractivity contribution in [3.05, 3.63) is 67.6 Å². The molecule has 1 atom stereocenters. The molecule has 0 aliphatic heterocycles. The Labute approximate surface area is 188 Å². The summed E-state index contributed by atoms with van der Waals surface area (Å²) < 4.78 is 1.46. The lowest BCUT2D eigenvalue weighted by Gasteiger charge is -2.13. The first kappa shape index (κ1) is 21.2. The van der Waals surface area contributed by atoms with Crippen molar-refractivity contribution < 1.29 is 9.72 Å². The van der Waals surface area contributed by atoms with E-state index in [0.717, 1.165) is 10.4 Å². The third-order valence-corrected chi connectivity index (χ3v) is 7.48. The Balaban J connectivity index is 1.55. The van der Waals surface area contributed by atoms with Gasteiger partial charge < -0.3 is 5.32 Å². The van der Waals surface area contributed by atoms with Crippen LogP contribution in [0.25, 0.3) is 20.7 Å². The Hall–Kier alpha value is -3.02. The number of thiophene rings is 2. The van der Waals surface area contributed by atoms with Crippen LogP contribution in [0.1, 0.15) is 6.92 Å². The fourth-order valence-electron chi connectivity index (χ4n) is 2.89. The average molecular weight is 473 g/mol. The molecule has 11 heteroatoms. The minimum atomic E-state index is -0.539. The number of non-ortho nitro benzene ring substituents is 1. The summed E-state index contributed by atoms with van der Waals surface area (Å²) in [5, 5.41) is 17.9. The van der Waals surface area contributed by atoms with Gasteiger partial charge in [-0.15, -0.1) is 22.7 Å². The van der Waals surface area contributed by atoms with Crippen LogP contribution in [0.4, 0.5) is 11.4 Å². The van der Waals surface area contributed by atoms with Crippen molar-refractivity contribution in [1.82, 2.24) is 9.55 Å². The maximum atomic E-state index is 13.0. The van der Waals surface area contributed by atoms with Gasteiger partial charge in [0.2, 0.25) is 5.91 Å². The van der Waals surface area contributed by atoms with Crippen molar-refractivity contribution in [2.24, 2.45) is 7.05 Å². The van der Waals surface area contributed by atoms with Crippen LogP contribution in [0.5, 0.6) is 0 Å². The minimum absolute atomic E-state index is 0.0502. The topological polar surface area (TPSA) is 107 Å². The Kier molecular flexibility index (Phi) is 5.90. The molecule has 0 bridgehead atoms. The molecule has 0 aliphatic carbocycles. The van der Waals surface area contributed by atoms with E-state index < -0.39 is 10.2 Å². The van der Waals surface area contributed by atoms with Gasteiger partial charge in [-0.25, -0.2) is 4.98 Å². The number of anilines is 1. The number of thioether (sulfide) groups is 1. The highest BCUT2D eigenvalue weighted by molar-refractivity contribution is 8.00. The lowest BCUT2D eigenvalue weighted by Crippen LogP contribution is -2.25. The monoisotopic (exact) mass is 472 g/mol. The summed E-state index contributed by atoms with van der Waals surface area (Å²) >= 11 is 4.15. The van der Waals surface area contributed by atoms with Gasteiger partial charge in [0.1, 0.15) is 4.83 Å². The fraction of sp³-hybridized carbons (Fsp3) is 0.150. The second-order valence-corrected chi connectivity index (χ2v) is 9.73. The summed E-state index contributed by atoms with van der Waals surface area (Å²) in [6.07, 6.45) is 0. The van der Waals surface area contributed by atoms with Crippen LogP contribution in [0.2, 0.25) is 0 Å². The molecule has 0 saturated heterocycles. The first-order chi connectivity index (χ1) is 14.8. The van der Waals surface area contributed by atoms with Gasteiger partial charge in [0, 0.05) is 40.7 Å². The van der Waals surface area contributed by atoms with Gasteiger partial charge in [-0.2, -0.15) is 0 Å². The van der Waals surface area contributed by atoms with E-state index in [1.54, 1.807) is 25.3 Å². The molecular weight excluding hydrogens is 456 g/mol. The smallest absolute Gasteiger partial charge is 0.269 e. The highest BCUT2D eigenvalue weighted by Crippen LogP contribution is 2.35. The standard InChI is InChI=1S/C20H16N4O4S3/c1-11(17(25)21-12-5-7-13(8-6-12)24(27)28)31-20-22-18-16(19(26)23(20)2)14(10-30-18)15-4-3-9-29-15/h3-11H,1-2H3,(H,21,25). The van der Waals surface area contributed by atoms with Gasteiger partial charge in [0.15, 0.2) is 5.16 Å². The molecule has 1 aromatic carbocycles. The van der Waals surface area contributed by atoms with E-state index >= 15 is 0 Å². The van der Waals surface area contributed by atoms with Crippen molar-refractivity contribution in [2.45, 2.75) is 17.3 Å². The zero-order valence-corrected chi connectivity index (χ0v) is 18.8. The maximum absolute atomic E-state index is 13.0. The van der Waals surface area contributed by atoms with Gasteiger partial charge >= 0.3 is 0 Å². The van der Waals surface area contributed by atoms with Crippen molar-refractivity contribution >= 4 is 61.9 Å². The maximum Gasteiger partial charge on any atom is 0.269 e. The first-order valence-electron chi connectivity index (χ1n) is 9.09. The number of nitrogens with zero attached hydrogens (tertiary/aromatic N) is 3. The summed E-state index contributed by atoms with van der Waals surface area (Å²) in [5.74, 6) is -0.293. The molecule has 158 valence electrons. The third-order valence-electron chi connectivity index (χ3n) is 4.56. The molecule has 3 aromatic heterocycles. The number of hydrogen-bond donors (Lipinski definition) is 1. The SMILES string of the molecule is CC(Sc1nc2scc(-c3cccs3)c2c(=O)n1C)C(=O)Nc1ccc([N+](=O)[O-])cc1. The molecule has 31 heavy (non-hydrogen) atoms. The van der Waals surface area contributed by atoms with Crippen molar-refractivity contribution in [3.8, 4) is 10.4 Å². The Morgan fingerprint density at radius 1 is 1.26 bits per heavy atom. The minimum Gasteiger partial charge on any atom is -0.325 e. The van der Waals surface area contributed by atoms with Crippen LogP contribution in [0.3, 0.4) is 0 Å². The summed E-state index contributed by atoms with van der Waals surface area (Å²) in [6, 6.07) is 9.52. The van der Waals surface area contributed by atoms with Crippen molar-refractivity contribution in [1.29, 1.82) is 0 Å².